The van der Waals surface area contributed by atoms with E-state index >= 15 is 0 Å². The summed E-state index contributed by atoms with van der Waals surface area (Å²) >= 11 is 5.56. The Balaban J connectivity index is 3.88. The third kappa shape index (κ3) is 2.98. The average Bonchev–Trinajstić information content (AvgIpc) is 1.87. The SMILES string of the molecule is CC(N=CN)/C(Cl)=C/N. The molecule has 52 valence electrons. The van der Waals surface area contributed by atoms with Gasteiger partial charge in [-0.2, -0.15) is 0 Å². The summed E-state index contributed by atoms with van der Waals surface area (Å²) in [6.07, 6.45) is 2.51. The van der Waals surface area contributed by atoms with Crippen molar-refractivity contribution in [3.05, 3.63) is 11.2 Å². The van der Waals surface area contributed by atoms with Crippen LogP contribution in [0, 0.1) is 0 Å². The van der Waals surface area contributed by atoms with Gasteiger partial charge in [0.2, 0.25) is 0 Å². The second-order valence-electron chi connectivity index (χ2n) is 1.53. The highest BCUT2D eigenvalue weighted by Crippen LogP contribution is 2.07. The fourth-order valence-corrected chi connectivity index (χ4v) is 0.396. The Kier molecular flexibility index (Phi) is 3.88. The lowest BCUT2D eigenvalue weighted by Gasteiger charge is -2.00. The van der Waals surface area contributed by atoms with E-state index in [2.05, 4.69) is 4.99 Å². The Morgan fingerprint density at radius 1 is 1.67 bits per heavy atom. The van der Waals surface area contributed by atoms with E-state index in [1.54, 1.807) is 6.92 Å². The molecule has 0 fully saturated rings. The van der Waals surface area contributed by atoms with Gasteiger partial charge in [-0.25, -0.2) is 0 Å². The summed E-state index contributed by atoms with van der Waals surface area (Å²) in [6.45, 7) is 1.80. The molecule has 0 aliphatic heterocycles. The number of hydrogen-bond donors (Lipinski definition) is 2. The first kappa shape index (κ1) is 8.30. The van der Waals surface area contributed by atoms with E-state index in [9.17, 15) is 0 Å². The molecule has 0 aliphatic carbocycles. The van der Waals surface area contributed by atoms with Crippen molar-refractivity contribution >= 4 is 17.9 Å². The van der Waals surface area contributed by atoms with Crippen LogP contribution in [0.15, 0.2) is 16.2 Å². The quantitative estimate of drug-likeness (QED) is 0.439. The molecule has 0 saturated carbocycles. The van der Waals surface area contributed by atoms with E-state index in [-0.39, 0.29) is 6.04 Å². The van der Waals surface area contributed by atoms with Crippen molar-refractivity contribution in [3.63, 3.8) is 0 Å². The summed E-state index contributed by atoms with van der Waals surface area (Å²) in [5, 5.41) is 0.497. The summed E-state index contributed by atoms with van der Waals surface area (Å²) in [7, 11) is 0. The highest BCUT2D eigenvalue weighted by molar-refractivity contribution is 6.30. The van der Waals surface area contributed by atoms with Crippen LogP contribution < -0.4 is 11.5 Å². The molecule has 9 heavy (non-hydrogen) atoms. The monoisotopic (exact) mass is 147 g/mol. The second-order valence-corrected chi connectivity index (χ2v) is 1.96. The van der Waals surface area contributed by atoms with Crippen LogP contribution >= 0.6 is 11.6 Å². The van der Waals surface area contributed by atoms with Gasteiger partial charge in [-0.15, -0.1) is 0 Å². The Bertz CT molecular complexity index is 130. The lowest BCUT2D eigenvalue weighted by Crippen LogP contribution is -2.03. The molecule has 0 amide bonds. The molecular formula is C5H10ClN3. The second kappa shape index (κ2) is 4.21. The number of nitrogens with zero attached hydrogens (tertiary/aromatic N) is 1. The predicted octanol–water partition coefficient (Wildman–Crippen LogP) is 0.401. The minimum atomic E-state index is -0.123. The molecule has 0 rings (SSSR count). The third-order valence-corrected chi connectivity index (χ3v) is 1.31. The van der Waals surface area contributed by atoms with Crippen LogP contribution in [0.25, 0.3) is 0 Å². The molecule has 1 atom stereocenters. The maximum Gasteiger partial charge on any atom is 0.0858 e. The van der Waals surface area contributed by atoms with Crippen LogP contribution in [-0.2, 0) is 0 Å². The number of nitrogens with two attached hydrogens (primary N) is 2. The van der Waals surface area contributed by atoms with Gasteiger partial charge in [-0.1, -0.05) is 11.6 Å². The van der Waals surface area contributed by atoms with Crippen molar-refractivity contribution in [1.29, 1.82) is 0 Å². The molecule has 0 saturated heterocycles. The standard InChI is InChI=1S/C5H10ClN3/c1-4(9-3-8)5(6)2-7/h2-4H,7H2,1H3,(H2,8,9)/b5-2-. The third-order valence-electron chi connectivity index (χ3n) is 0.868. The smallest absolute Gasteiger partial charge is 0.0858 e. The fraction of sp³-hybridized carbons (Fsp3) is 0.400. The zero-order valence-corrected chi connectivity index (χ0v) is 5.97. The average molecular weight is 148 g/mol. The van der Waals surface area contributed by atoms with E-state index in [0.717, 1.165) is 0 Å². The summed E-state index contributed by atoms with van der Waals surface area (Å²) in [5.41, 5.74) is 10.1. The van der Waals surface area contributed by atoms with Gasteiger partial charge in [0.1, 0.15) is 0 Å². The van der Waals surface area contributed by atoms with Crippen LogP contribution in [0.2, 0.25) is 0 Å². The summed E-state index contributed by atoms with van der Waals surface area (Å²) in [6, 6.07) is -0.123. The van der Waals surface area contributed by atoms with Gasteiger partial charge in [-0.05, 0) is 6.92 Å². The van der Waals surface area contributed by atoms with Crippen LogP contribution in [0.5, 0.6) is 0 Å². The van der Waals surface area contributed by atoms with Crippen LogP contribution in [0.3, 0.4) is 0 Å². The van der Waals surface area contributed by atoms with E-state index in [4.69, 9.17) is 23.1 Å². The highest BCUT2D eigenvalue weighted by Gasteiger charge is 1.99. The number of hydrogen-bond acceptors (Lipinski definition) is 2. The maximum atomic E-state index is 5.56. The summed E-state index contributed by atoms with van der Waals surface area (Å²) in [4.78, 5) is 3.77. The molecule has 0 spiro atoms. The number of aliphatic imine (C=N–C) groups is 1. The van der Waals surface area contributed by atoms with E-state index in [1.807, 2.05) is 0 Å². The topological polar surface area (TPSA) is 64.4 Å². The molecule has 0 aromatic rings. The van der Waals surface area contributed by atoms with Gasteiger partial charge >= 0.3 is 0 Å². The minimum absolute atomic E-state index is 0.123. The Hall–Kier alpha value is -0.700. The summed E-state index contributed by atoms with van der Waals surface area (Å²) < 4.78 is 0. The lowest BCUT2D eigenvalue weighted by atomic mass is 10.3. The maximum absolute atomic E-state index is 5.56. The zero-order valence-electron chi connectivity index (χ0n) is 5.21. The molecule has 1 unspecified atom stereocenters. The fourth-order valence-electron chi connectivity index (χ4n) is 0.340. The van der Waals surface area contributed by atoms with Gasteiger partial charge in [-0.3, -0.25) is 4.99 Å². The van der Waals surface area contributed by atoms with Gasteiger partial charge in [0.05, 0.1) is 17.4 Å². The van der Waals surface area contributed by atoms with Crippen molar-refractivity contribution in [2.24, 2.45) is 16.5 Å². The van der Waals surface area contributed by atoms with Crippen molar-refractivity contribution in [3.8, 4) is 0 Å². The van der Waals surface area contributed by atoms with Crippen LogP contribution in [0.4, 0.5) is 0 Å². The Morgan fingerprint density at radius 2 is 2.22 bits per heavy atom. The molecule has 0 aromatic carbocycles. The molecule has 0 bridgehead atoms. The molecule has 3 nitrogen and oxygen atoms in total. The normalized spacial score (nSPS) is 16.4. The van der Waals surface area contributed by atoms with E-state index < -0.39 is 0 Å². The van der Waals surface area contributed by atoms with Crippen molar-refractivity contribution in [2.45, 2.75) is 13.0 Å². The highest BCUT2D eigenvalue weighted by atomic mass is 35.5. The molecule has 0 heterocycles. The number of rotatable bonds is 2. The molecular weight excluding hydrogens is 138 g/mol. The van der Waals surface area contributed by atoms with E-state index in [1.165, 1.54) is 12.5 Å². The molecule has 0 aliphatic rings. The van der Waals surface area contributed by atoms with Gasteiger partial charge < -0.3 is 11.5 Å². The predicted molar refractivity (Wildman–Crippen MR) is 40.3 cm³/mol. The van der Waals surface area contributed by atoms with Crippen LogP contribution in [-0.4, -0.2) is 12.4 Å². The first-order chi connectivity index (χ1) is 4.22. The first-order valence-electron chi connectivity index (χ1n) is 2.53. The molecule has 4 heteroatoms. The van der Waals surface area contributed by atoms with Crippen molar-refractivity contribution in [1.82, 2.24) is 0 Å². The van der Waals surface area contributed by atoms with Gasteiger partial charge in [0.25, 0.3) is 0 Å². The van der Waals surface area contributed by atoms with E-state index in [0.29, 0.717) is 5.03 Å². The lowest BCUT2D eigenvalue weighted by molar-refractivity contribution is 0.908. The first-order valence-corrected chi connectivity index (χ1v) is 2.90. The zero-order chi connectivity index (χ0) is 7.28. The van der Waals surface area contributed by atoms with Gasteiger partial charge in [0.15, 0.2) is 0 Å². The van der Waals surface area contributed by atoms with Crippen molar-refractivity contribution in [2.75, 3.05) is 0 Å². The minimum Gasteiger partial charge on any atom is -0.404 e. The molecule has 0 aromatic heterocycles. The Labute approximate surface area is 59.4 Å². The van der Waals surface area contributed by atoms with Gasteiger partial charge in [0, 0.05) is 6.20 Å². The summed E-state index contributed by atoms with van der Waals surface area (Å²) in [5.74, 6) is 0. The Morgan fingerprint density at radius 3 is 2.56 bits per heavy atom. The van der Waals surface area contributed by atoms with Crippen molar-refractivity contribution < 1.29 is 0 Å². The van der Waals surface area contributed by atoms with Crippen LogP contribution in [0.1, 0.15) is 6.92 Å². The largest absolute Gasteiger partial charge is 0.404 e. The molecule has 0 radical (unpaired) electrons. The molecule has 4 N–H and O–H groups in total. The number of halogens is 1.